The van der Waals surface area contributed by atoms with Gasteiger partial charge < -0.3 is 25.1 Å². The van der Waals surface area contributed by atoms with Crippen molar-refractivity contribution in [2.24, 2.45) is 0 Å². The van der Waals surface area contributed by atoms with Crippen molar-refractivity contribution in [3.8, 4) is 17.2 Å². The average Bonchev–Trinajstić information content (AvgIpc) is 3.32. The van der Waals surface area contributed by atoms with E-state index >= 15 is 0 Å². The van der Waals surface area contributed by atoms with E-state index in [0.29, 0.717) is 24.1 Å². The van der Waals surface area contributed by atoms with Gasteiger partial charge in [0.15, 0.2) is 0 Å². The molecule has 1 heterocycles. The van der Waals surface area contributed by atoms with Crippen molar-refractivity contribution in [3.05, 3.63) is 72.6 Å². The normalized spacial score (nSPS) is 18.6. The van der Waals surface area contributed by atoms with Gasteiger partial charge in [0.05, 0.1) is 25.3 Å². The molecule has 3 aromatic rings. The molecule has 4 N–H and O–H groups in total. The van der Waals surface area contributed by atoms with Crippen LogP contribution in [0.4, 0.5) is 5.69 Å². The molecule has 0 saturated heterocycles. The Bertz CT molecular complexity index is 1130. The first-order valence-electron chi connectivity index (χ1n) is 11.5. The summed E-state index contributed by atoms with van der Waals surface area (Å²) in [6.45, 7) is 2.12. The van der Waals surface area contributed by atoms with Gasteiger partial charge in [-0.3, -0.25) is 0 Å². The third kappa shape index (κ3) is 5.82. The minimum atomic E-state index is -1.70. The first-order valence-corrected chi connectivity index (χ1v) is 13.4. The maximum atomic E-state index is 9.97. The van der Waals surface area contributed by atoms with Crippen molar-refractivity contribution < 1.29 is 9.90 Å². The van der Waals surface area contributed by atoms with Gasteiger partial charge >= 0.3 is 0 Å². The number of nitrogens with one attached hydrogen (secondary N) is 2. The van der Waals surface area contributed by atoms with Gasteiger partial charge in [-0.1, -0.05) is 48.6 Å². The Morgan fingerprint density at radius 2 is 1.82 bits per heavy atom. The van der Waals surface area contributed by atoms with Gasteiger partial charge in [0.25, 0.3) is 9.04 Å². The van der Waals surface area contributed by atoms with Crippen LogP contribution in [0.2, 0.25) is 6.55 Å². The second-order valence-electron chi connectivity index (χ2n) is 8.60. The maximum Gasteiger partial charge on any atom is 0.283 e. The summed E-state index contributed by atoms with van der Waals surface area (Å²) < 4.78 is 1.83. The number of hydrogen-bond acceptors (Lipinski definition) is 6. The number of rotatable bonds is 10. The second-order valence-corrected chi connectivity index (χ2v) is 10.2. The first kappa shape index (κ1) is 23.9. The van der Waals surface area contributed by atoms with Gasteiger partial charge in [-0.2, -0.15) is 5.26 Å². The number of nitriles is 1. The lowest BCUT2D eigenvalue weighted by Gasteiger charge is -2.36. The van der Waals surface area contributed by atoms with E-state index in [-0.39, 0.29) is 12.6 Å². The molecule has 8 heteroatoms. The zero-order chi connectivity index (χ0) is 23.9. The van der Waals surface area contributed by atoms with E-state index in [2.05, 4.69) is 70.2 Å². The van der Waals surface area contributed by atoms with E-state index < -0.39 is 9.04 Å². The van der Waals surface area contributed by atoms with Crippen molar-refractivity contribution in [2.75, 3.05) is 18.5 Å². The lowest BCUT2D eigenvalue weighted by atomic mass is 9.86. The van der Waals surface area contributed by atoms with Gasteiger partial charge in [0, 0.05) is 30.2 Å². The molecule has 0 amide bonds. The van der Waals surface area contributed by atoms with Crippen LogP contribution in [0.25, 0.3) is 17.2 Å². The Hall–Kier alpha value is -3.22. The molecule has 1 fully saturated rings. The topological polar surface area (TPSA) is 106 Å². The zero-order valence-corrected chi connectivity index (χ0v) is 20.2. The molecular weight excluding hydrogens is 442 g/mol. The molecule has 1 saturated carbocycles. The number of imidazole rings is 1. The fourth-order valence-corrected chi connectivity index (χ4v) is 5.07. The van der Waals surface area contributed by atoms with Crippen molar-refractivity contribution in [2.45, 2.75) is 37.5 Å². The summed E-state index contributed by atoms with van der Waals surface area (Å²) in [6, 6.07) is 19.5. The van der Waals surface area contributed by atoms with Crippen LogP contribution in [-0.4, -0.2) is 53.7 Å². The quantitative estimate of drug-likeness (QED) is 0.267. The highest BCUT2D eigenvalue weighted by Crippen LogP contribution is 2.27. The molecule has 1 aliphatic carbocycles. The molecule has 34 heavy (non-hydrogen) atoms. The van der Waals surface area contributed by atoms with Gasteiger partial charge in [0.2, 0.25) is 0 Å². The number of anilines is 1. The standard InChI is InChI=1S/C26H30N5O2Si/c1-34(33)26-29-14-15-31(26)25(18-32)11-4-19-2-5-20(6-3-19)21-7-9-22(10-8-21)30-24-16-23(17-24)28-13-12-27/h2-11,14-15,23-25,28,30,32-33H,13,16-18H2,1H3/b11-4+/t23?,24?,25-/m0/s1. The number of nitrogens with zero attached hydrogens (tertiary/aromatic N) is 3. The minimum absolute atomic E-state index is 0.0641. The van der Waals surface area contributed by atoms with Crippen LogP contribution in [0.5, 0.6) is 0 Å². The fraction of sp³-hybridized carbons (Fsp3) is 0.308. The van der Waals surface area contributed by atoms with E-state index in [4.69, 9.17) is 5.26 Å². The second kappa shape index (κ2) is 11.3. The van der Waals surface area contributed by atoms with Gasteiger partial charge in [-0.05, 0) is 48.2 Å². The number of aliphatic hydroxyl groups excluding tert-OH is 1. The lowest BCUT2D eigenvalue weighted by molar-refractivity contribution is 0.255. The Kier molecular flexibility index (Phi) is 7.93. The summed E-state index contributed by atoms with van der Waals surface area (Å²) in [5.41, 5.74) is 5.08. The monoisotopic (exact) mass is 472 g/mol. The molecule has 1 aliphatic rings. The first-order chi connectivity index (χ1) is 16.6. The van der Waals surface area contributed by atoms with E-state index in [1.165, 1.54) is 0 Å². The molecule has 0 unspecified atom stereocenters. The Balaban J connectivity index is 1.34. The summed E-state index contributed by atoms with van der Waals surface area (Å²) in [4.78, 5) is 14.2. The highest BCUT2D eigenvalue weighted by Gasteiger charge is 2.28. The minimum Gasteiger partial charge on any atom is -0.425 e. The van der Waals surface area contributed by atoms with Crippen molar-refractivity contribution in [1.29, 1.82) is 5.26 Å². The zero-order valence-electron chi connectivity index (χ0n) is 19.2. The molecule has 0 bridgehead atoms. The predicted molar refractivity (Wildman–Crippen MR) is 137 cm³/mol. The Morgan fingerprint density at radius 3 is 2.44 bits per heavy atom. The van der Waals surface area contributed by atoms with E-state index in [9.17, 15) is 9.90 Å². The van der Waals surface area contributed by atoms with Crippen LogP contribution in [0, 0.1) is 11.3 Å². The van der Waals surface area contributed by atoms with Gasteiger partial charge in [0.1, 0.15) is 5.45 Å². The Labute approximate surface area is 202 Å². The van der Waals surface area contributed by atoms with E-state index in [1.54, 1.807) is 18.9 Å². The van der Waals surface area contributed by atoms with Crippen LogP contribution in [0.3, 0.4) is 0 Å². The maximum absolute atomic E-state index is 9.97. The molecule has 7 nitrogen and oxygen atoms in total. The molecular formula is C26H30N5O2Si. The smallest absolute Gasteiger partial charge is 0.283 e. The van der Waals surface area contributed by atoms with Crippen molar-refractivity contribution >= 4 is 26.3 Å². The molecule has 1 aromatic heterocycles. The molecule has 175 valence electrons. The van der Waals surface area contributed by atoms with Crippen LogP contribution in [-0.2, 0) is 0 Å². The SMILES string of the molecule is C[Si](O)c1nccn1[C@@H](/C=C/c1ccc(-c2ccc(NC3CC(NCC#N)C3)cc2)cc1)CO. The van der Waals surface area contributed by atoms with E-state index in [1.807, 2.05) is 16.7 Å². The highest BCUT2D eigenvalue weighted by atomic mass is 28.3. The number of hydrogen-bond donors (Lipinski definition) is 4. The summed E-state index contributed by atoms with van der Waals surface area (Å²) in [6.07, 6.45) is 9.45. The third-order valence-electron chi connectivity index (χ3n) is 6.16. The van der Waals surface area contributed by atoms with Crippen molar-refractivity contribution in [3.63, 3.8) is 0 Å². The van der Waals surface area contributed by atoms with Gasteiger partial charge in [-0.25, -0.2) is 4.98 Å². The fourth-order valence-electron chi connectivity index (χ4n) is 4.20. The average molecular weight is 473 g/mol. The molecule has 4 rings (SSSR count). The molecule has 0 aliphatic heterocycles. The van der Waals surface area contributed by atoms with Gasteiger partial charge in [-0.15, -0.1) is 0 Å². The summed E-state index contributed by atoms with van der Waals surface area (Å²) in [5, 5.41) is 25.2. The van der Waals surface area contributed by atoms with E-state index in [0.717, 1.165) is 35.2 Å². The third-order valence-corrected chi connectivity index (χ3v) is 7.19. The van der Waals surface area contributed by atoms with Crippen LogP contribution >= 0.6 is 0 Å². The summed E-state index contributed by atoms with van der Waals surface area (Å²) >= 11 is 0. The highest BCUT2D eigenvalue weighted by molar-refractivity contribution is 6.63. The number of benzene rings is 2. The van der Waals surface area contributed by atoms with Crippen molar-refractivity contribution in [1.82, 2.24) is 14.9 Å². The predicted octanol–water partition coefficient (Wildman–Crippen LogP) is 2.67. The number of aliphatic hydroxyl groups is 1. The van der Waals surface area contributed by atoms with Crippen LogP contribution < -0.4 is 16.1 Å². The van der Waals surface area contributed by atoms with Crippen LogP contribution in [0.15, 0.2) is 67.0 Å². The molecule has 0 spiro atoms. The molecule has 1 atom stereocenters. The largest absolute Gasteiger partial charge is 0.425 e. The summed E-state index contributed by atoms with van der Waals surface area (Å²) in [5.74, 6) is 0. The number of aromatic nitrogens is 2. The van der Waals surface area contributed by atoms with Crippen LogP contribution in [0.1, 0.15) is 24.4 Å². The summed E-state index contributed by atoms with van der Waals surface area (Å²) in [7, 11) is -1.70. The lowest BCUT2D eigenvalue weighted by Crippen LogP contribution is -2.47. The molecule has 1 radical (unpaired) electrons. The molecule has 2 aromatic carbocycles. The Morgan fingerprint density at radius 1 is 1.15 bits per heavy atom.